The van der Waals surface area contributed by atoms with Crippen LogP contribution in [0.25, 0.3) is 5.57 Å². The zero-order valence-corrected chi connectivity index (χ0v) is 11.6. The first-order valence-corrected chi connectivity index (χ1v) is 6.22. The molecule has 102 valence electrons. The molecule has 1 atom stereocenters. The second-order valence-corrected chi connectivity index (χ2v) is 4.76. The van der Waals surface area contributed by atoms with Gasteiger partial charge in [-0.15, -0.1) is 0 Å². The first-order valence-electron chi connectivity index (χ1n) is 5.85. The van der Waals surface area contributed by atoms with Crippen LogP contribution in [0.5, 0.6) is 0 Å². The van der Waals surface area contributed by atoms with Gasteiger partial charge in [-0.05, 0) is 29.8 Å². The van der Waals surface area contributed by atoms with Crippen molar-refractivity contribution in [3.63, 3.8) is 0 Å². The van der Waals surface area contributed by atoms with Gasteiger partial charge >= 0.3 is 0 Å². The Hall–Kier alpha value is -1.33. The van der Waals surface area contributed by atoms with Gasteiger partial charge in [-0.2, -0.15) is 0 Å². The molecule has 1 aliphatic carbocycles. The van der Waals surface area contributed by atoms with Gasteiger partial charge < -0.3 is 20.9 Å². The maximum atomic E-state index is 6.26. The normalized spacial score (nSPS) is 21.8. The fourth-order valence-corrected chi connectivity index (χ4v) is 2.39. The van der Waals surface area contributed by atoms with E-state index >= 15 is 0 Å². The Morgan fingerprint density at radius 3 is 2.26 bits per heavy atom. The van der Waals surface area contributed by atoms with Crippen LogP contribution in [-0.4, -0.2) is 26.0 Å². The van der Waals surface area contributed by atoms with E-state index in [2.05, 4.69) is 0 Å². The summed E-state index contributed by atoms with van der Waals surface area (Å²) in [6.07, 6.45) is 3.52. The summed E-state index contributed by atoms with van der Waals surface area (Å²) in [5, 5.41) is 0.571. The van der Waals surface area contributed by atoms with Crippen molar-refractivity contribution < 1.29 is 9.47 Å². The van der Waals surface area contributed by atoms with Gasteiger partial charge in [0.25, 0.3) is 0 Å². The quantitative estimate of drug-likeness (QED) is 0.657. The van der Waals surface area contributed by atoms with Crippen molar-refractivity contribution in [3.8, 4) is 0 Å². The van der Waals surface area contributed by atoms with E-state index in [1.54, 1.807) is 26.4 Å². The van der Waals surface area contributed by atoms with Crippen LogP contribution in [0.4, 0.5) is 5.69 Å². The lowest BCUT2D eigenvalue weighted by Crippen LogP contribution is -2.50. The molecule has 1 aromatic carbocycles. The van der Waals surface area contributed by atoms with Gasteiger partial charge in [0.2, 0.25) is 5.79 Å². The van der Waals surface area contributed by atoms with E-state index < -0.39 is 11.8 Å². The third kappa shape index (κ3) is 2.53. The number of nitrogen functional groups attached to an aromatic ring is 1. The van der Waals surface area contributed by atoms with Crippen LogP contribution < -0.4 is 11.5 Å². The molecule has 4 N–H and O–H groups in total. The zero-order valence-electron chi connectivity index (χ0n) is 10.9. The van der Waals surface area contributed by atoms with E-state index in [1.165, 1.54) is 0 Å². The number of allylic oxidation sites excluding steroid dienone is 2. The predicted octanol–water partition coefficient (Wildman–Crippen LogP) is 2.10. The lowest BCUT2D eigenvalue weighted by Gasteiger charge is -2.35. The molecule has 0 fully saturated rings. The number of halogens is 1. The molecule has 0 aromatic heterocycles. The Morgan fingerprint density at radius 2 is 1.74 bits per heavy atom. The Morgan fingerprint density at radius 1 is 1.16 bits per heavy atom. The molecular weight excluding hydrogens is 264 g/mol. The van der Waals surface area contributed by atoms with Gasteiger partial charge in [0, 0.05) is 30.5 Å². The van der Waals surface area contributed by atoms with Crippen molar-refractivity contribution in [2.24, 2.45) is 5.73 Å². The van der Waals surface area contributed by atoms with E-state index in [-0.39, 0.29) is 0 Å². The van der Waals surface area contributed by atoms with Gasteiger partial charge in [0.05, 0.1) is 6.04 Å². The smallest absolute Gasteiger partial charge is 0.207 e. The molecule has 0 bridgehead atoms. The first-order chi connectivity index (χ1) is 9.02. The molecule has 0 spiro atoms. The number of benzene rings is 1. The maximum Gasteiger partial charge on any atom is 0.207 e. The summed E-state index contributed by atoms with van der Waals surface area (Å²) in [4.78, 5) is 0. The Balaban J connectivity index is 2.48. The van der Waals surface area contributed by atoms with Crippen LogP contribution >= 0.6 is 11.6 Å². The van der Waals surface area contributed by atoms with Crippen LogP contribution in [-0.2, 0) is 9.47 Å². The van der Waals surface area contributed by atoms with Crippen LogP contribution in [0.2, 0.25) is 0 Å². The minimum atomic E-state index is -1.00. The highest BCUT2D eigenvalue weighted by Crippen LogP contribution is 2.36. The first kappa shape index (κ1) is 14.1. The molecule has 1 aromatic rings. The Labute approximate surface area is 117 Å². The van der Waals surface area contributed by atoms with Crippen molar-refractivity contribution >= 4 is 22.9 Å². The molecule has 0 radical (unpaired) electrons. The molecular formula is C14H17ClN2O2. The molecule has 19 heavy (non-hydrogen) atoms. The van der Waals surface area contributed by atoms with E-state index in [0.717, 1.165) is 11.1 Å². The monoisotopic (exact) mass is 280 g/mol. The summed E-state index contributed by atoms with van der Waals surface area (Å²) in [6, 6.07) is 6.95. The maximum absolute atomic E-state index is 6.26. The molecule has 1 aliphatic rings. The van der Waals surface area contributed by atoms with Gasteiger partial charge in [0.1, 0.15) is 0 Å². The summed E-state index contributed by atoms with van der Waals surface area (Å²) >= 11 is 6.26. The number of methoxy groups -OCH3 is 2. The summed E-state index contributed by atoms with van der Waals surface area (Å²) in [6.45, 7) is 0. The Bertz CT molecular complexity index is 519. The lowest BCUT2D eigenvalue weighted by atomic mass is 9.92. The SMILES string of the molecule is COC1(OC)C=C(c2ccc(N)cc2)C(Cl)=CC1N. The van der Waals surface area contributed by atoms with Crippen LogP contribution in [0.3, 0.4) is 0 Å². The molecule has 5 heteroatoms. The lowest BCUT2D eigenvalue weighted by molar-refractivity contribution is -0.176. The molecule has 0 saturated carbocycles. The summed E-state index contributed by atoms with van der Waals surface area (Å²) in [7, 11) is 3.10. The molecule has 2 rings (SSSR count). The number of nitrogens with two attached hydrogens (primary N) is 2. The van der Waals surface area contributed by atoms with E-state index in [1.807, 2.05) is 24.3 Å². The highest BCUT2D eigenvalue weighted by atomic mass is 35.5. The highest BCUT2D eigenvalue weighted by molar-refractivity contribution is 6.37. The number of ether oxygens (including phenoxy) is 2. The van der Waals surface area contributed by atoms with Crippen molar-refractivity contribution in [2.75, 3.05) is 20.0 Å². The molecule has 0 amide bonds. The molecule has 4 nitrogen and oxygen atoms in total. The minimum absolute atomic E-state index is 0.465. The van der Waals surface area contributed by atoms with Crippen LogP contribution in [0.15, 0.2) is 41.4 Å². The van der Waals surface area contributed by atoms with Crippen molar-refractivity contribution in [2.45, 2.75) is 11.8 Å². The van der Waals surface area contributed by atoms with Crippen LogP contribution in [0, 0.1) is 0 Å². The van der Waals surface area contributed by atoms with Gasteiger partial charge in [0.15, 0.2) is 0 Å². The average Bonchev–Trinajstić information content (AvgIpc) is 2.41. The molecule has 0 heterocycles. The van der Waals surface area contributed by atoms with E-state index in [0.29, 0.717) is 10.7 Å². The van der Waals surface area contributed by atoms with Gasteiger partial charge in [-0.1, -0.05) is 23.7 Å². The average molecular weight is 281 g/mol. The summed E-state index contributed by atoms with van der Waals surface area (Å²) in [5.41, 5.74) is 14.1. The Kier molecular flexibility index (Phi) is 3.96. The number of rotatable bonds is 3. The molecule has 0 aliphatic heterocycles. The van der Waals surface area contributed by atoms with E-state index in [4.69, 9.17) is 32.5 Å². The van der Waals surface area contributed by atoms with Crippen molar-refractivity contribution in [1.82, 2.24) is 0 Å². The fraction of sp³-hybridized carbons (Fsp3) is 0.286. The second kappa shape index (κ2) is 5.35. The summed E-state index contributed by atoms with van der Waals surface area (Å²) < 4.78 is 10.8. The van der Waals surface area contributed by atoms with E-state index in [9.17, 15) is 0 Å². The highest BCUT2D eigenvalue weighted by Gasteiger charge is 2.38. The van der Waals surface area contributed by atoms with Crippen LogP contribution in [0.1, 0.15) is 5.56 Å². The standard InChI is InChI=1S/C14H17ClN2O2/c1-18-14(19-2)8-11(12(15)7-13(14)17)9-3-5-10(16)6-4-9/h3-8,13H,16-17H2,1-2H3. The predicted molar refractivity (Wildman–Crippen MR) is 77.5 cm³/mol. The van der Waals surface area contributed by atoms with Gasteiger partial charge in [-0.25, -0.2) is 0 Å². The minimum Gasteiger partial charge on any atom is -0.399 e. The van der Waals surface area contributed by atoms with Crippen molar-refractivity contribution in [1.29, 1.82) is 0 Å². The second-order valence-electron chi connectivity index (χ2n) is 4.35. The summed E-state index contributed by atoms with van der Waals surface area (Å²) in [5.74, 6) is -1.00. The molecule has 1 unspecified atom stereocenters. The zero-order chi connectivity index (χ0) is 14.0. The fourth-order valence-electron chi connectivity index (χ4n) is 2.09. The number of hydrogen-bond donors (Lipinski definition) is 2. The third-order valence-electron chi connectivity index (χ3n) is 3.25. The third-order valence-corrected chi connectivity index (χ3v) is 3.58. The van der Waals surface area contributed by atoms with Crippen molar-refractivity contribution in [3.05, 3.63) is 47.0 Å². The number of hydrogen-bond acceptors (Lipinski definition) is 4. The topological polar surface area (TPSA) is 70.5 Å². The molecule has 0 saturated heterocycles. The number of anilines is 1. The largest absolute Gasteiger partial charge is 0.399 e. The van der Waals surface area contributed by atoms with Gasteiger partial charge in [-0.3, -0.25) is 0 Å².